The minimum Gasteiger partial charge on any atom is -0.493 e. The van der Waals surface area contributed by atoms with Crippen LogP contribution >= 0.6 is 23.1 Å². The molecule has 2 aromatic carbocycles. The number of carbonyl (C=O) groups is 2. The third kappa shape index (κ3) is 5.39. The number of anilines is 1. The molecule has 1 unspecified atom stereocenters. The topological polar surface area (TPSA) is 67.9 Å². The van der Waals surface area contributed by atoms with Crippen molar-refractivity contribution in [1.29, 1.82) is 0 Å². The molecule has 4 rings (SSSR count). The number of hydrogen-bond acceptors (Lipinski definition) is 6. The average Bonchev–Trinajstić information content (AvgIpc) is 3.38. The van der Waals surface area contributed by atoms with Gasteiger partial charge in [0.25, 0.3) is 0 Å². The average molecular weight is 497 g/mol. The van der Waals surface area contributed by atoms with E-state index >= 15 is 0 Å². The Bertz CT molecular complexity index is 1150. The fourth-order valence-electron chi connectivity index (χ4n) is 4.12. The van der Waals surface area contributed by atoms with Crippen molar-refractivity contribution in [3.8, 4) is 11.5 Å². The van der Waals surface area contributed by atoms with Crippen LogP contribution in [0.3, 0.4) is 0 Å². The summed E-state index contributed by atoms with van der Waals surface area (Å²) in [6.45, 7) is 2.61. The molecule has 178 valence electrons. The molecule has 0 spiro atoms. The predicted molar refractivity (Wildman–Crippen MR) is 138 cm³/mol. The number of nitrogens with zero attached hydrogens (tertiary/aromatic N) is 1. The maximum Gasteiger partial charge on any atom is 0.234 e. The fourth-order valence-corrected chi connectivity index (χ4v) is 5.67. The first-order valence-electron chi connectivity index (χ1n) is 11.0. The molecule has 0 fully saturated rings. The van der Waals surface area contributed by atoms with Crippen LogP contribution in [0.5, 0.6) is 11.5 Å². The van der Waals surface area contributed by atoms with E-state index in [9.17, 15) is 9.59 Å². The van der Waals surface area contributed by atoms with Crippen LogP contribution in [0.4, 0.5) is 5.69 Å². The number of carbonyl (C=O) groups excluding carboxylic acids is 2. The Kier molecular flexibility index (Phi) is 7.80. The van der Waals surface area contributed by atoms with Gasteiger partial charge in [0, 0.05) is 17.1 Å². The maximum atomic E-state index is 13.3. The van der Waals surface area contributed by atoms with E-state index in [2.05, 4.69) is 11.4 Å². The quantitative estimate of drug-likeness (QED) is 0.480. The van der Waals surface area contributed by atoms with Crippen molar-refractivity contribution in [1.82, 2.24) is 4.90 Å². The zero-order valence-electron chi connectivity index (χ0n) is 19.5. The molecule has 2 amide bonds. The summed E-state index contributed by atoms with van der Waals surface area (Å²) in [6, 6.07) is 15.5. The molecule has 1 aliphatic rings. The van der Waals surface area contributed by atoms with Gasteiger partial charge in [0.15, 0.2) is 11.5 Å². The van der Waals surface area contributed by atoms with Gasteiger partial charge < -0.3 is 19.7 Å². The highest BCUT2D eigenvalue weighted by atomic mass is 32.2. The second-order valence-electron chi connectivity index (χ2n) is 8.07. The lowest BCUT2D eigenvalue weighted by Crippen LogP contribution is -2.41. The third-order valence-electron chi connectivity index (χ3n) is 5.80. The number of fused-ring (bicyclic) bond motifs is 1. The molecule has 1 aromatic heterocycles. The number of ether oxygens (including phenoxy) is 2. The lowest BCUT2D eigenvalue weighted by Gasteiger charge is -2.37. The van der Waals surface area contributed by atoms with Crippen molar-refractivity contribution in [2.45, 2.75) is 19.4 Å². The summed E-state index contributed by atoms with van der Waals surface area (Å²) in [6.07, 6.45) is 0.738. The van der Waals surface area contributed by atoms with Crippen LogP contribution in [-0.2, 0) is 16.0 Å². The van der Waals surface area contributed by atoms with Crippen LogP contribution in [0, 0.1) is 6.92 Å². The van der Waals surface area contributed by atoms with Crippen molar-refractivity contribution in [3.05, 3.63) is 75.5 Å². The monoisotopic (exact) mass is 496 g/mol. The van der Waals surface area contributed by atoms with E-state index in [0.29, 0.717) is 18.0 Å². The number of thiophene rings is 1. The first-order chi connectivity index (χ1) is 16.5. The van der Waals surface area contributed by atoms with Crippen LogP contribution in [0.25, 0.3) is 0 Å². The van der Waals surface area contributed by atoms with Gasteiger partial charge in [-0.1, -0.05) is 23.8 Å². The minimum atomic E-state index is -0.182. The molecule has 2 heterocycles. The Balaban J connectivity index is 1.45. The van der Waals surface area contributed by atoms with Crippen LogP contribution < -0.4 is 14.8 Å². The number of amides is 2. The molecule has 1 N–H and O–H groups in total. The molecular formula is C26H28N2O4S2. The van der Waals surface area contributed by atoms with E-state index in [1.165, 1.54) is 11.8 Å². The largest absolute Gasteiger partial charge is 0.493 e. The zero-order chi connectivity index (χ0) is 24.1. The molecule has 3 aromatic rings. The Labute approximate surface area is 208 Å². The standard InChI is InChI=1S/C26H28N2O4S2/c1-17-6-8-19(9-7-17)27-24(29)15-33-16-25(30)28-11-10-18-13-21(31-2)22(32-3)14-20(18)26(28)23-5-4-12-34-23/h4-9,12-14,26H,10-11,15-16H2,1-3H3,(H,27,29). The van der Waals surface area contributed by atoms with Gasteiger partial charge in [0.2, 0.25) is 11.8 Å². The lowest BCUT2D eigenvalue weighted by molar-refractivity contribution is -0.130. The van der Waals surface area contributed by atoms with Gasteiger partial charge >= 0.3 is 0 Å². The second-order valence-corrected chi connectivity index (χ2v) is 10.0. The summed E-state index contributed by atoms with van der Waals surface area (Å²) < 4.78 is 11.0. The molecule has 0 aliphatic carbocycles. The summed E-state index contributed by atoms with van der Waals surface area (Å²) >= 11 is 2.97. The van der Waals surface area contributed by atoms with E-state index in [0.717, 1.165) is 33.7 Å². The highest BCUT2D eigenvalue weighted by molar-refractivity contribution is 8.00. The predicted octanol–water partition coefficient (Wildman–Crippen LogP) is 4.92. The number of benzene rings is 2. The van der Waals surface area contributed by atoms with Gasteiger partial charge in [-0.25, -0.2) is 0 Å². The number of thioether (sulfide) groups is 1. The minimum absolute atomic E-state index is 0.0203. The van der Waals surface area contributed by atoms with Crippen molar-refractivity contribution in [2.75, 3.05) is 37.6 Å². The summed E-state index contributed by atoms with van der Waals surface area (Å²) in [4.78, 5) is 28.6. The number of aryl methyl sites for hydroxylation is 1. The molecule has 34 heavy (non-hydrogen) atoms. The van der Waals surface area contributed by atoms with Gasteiger partial charge in [0.05, 0.1) is 31.8 Å². The van der Waals surface area contributed by atoms with E-state index in [4.69, 9.17) is 9.47 Å². The first-order valence-corrected chi connectivity index (χ1v) is 13.1. The SMILES string of the molecule is COc1cc2c(cc1OC)C(c1cccs1)N(C(=O)CSCC(=O)Nc1ccc(C)cc1)CC2. The zero-order valence-corrected chi connectivity index (χ0v) is 21.1. The summed E-state index contributed by atoms with van der Waals surface area (Å²) in [5.74, 6) is 1.72. The summed E-state index contributed by atoms with van der Waals surface area (Å²) in [5, 5.41) is 4.91. The van der Waals surface area contributed by atoms with Crippen molar-refractivity contribution >= 4 is 40.6 Å². The van der Waals surface area contributed by atoms with E-state index in [1.54, 1.807) is 25.6 Å². The van der Waals surface area contributed by atoms with Crippen LogP contribution in [-0.4, -0.2) is 49.0 Å². The molecule has 8 heteroatoms. The first kappa shape index (κ1) is 24.2. The van der Waals surface area contributed by atoms with Crippen molar-refractivity contribution in [2.24, 2.45) is 0 Å². The Hall–Kier alpha value is -2.97. The Morgan fingerprint density at radius 2 is 1.82 bits per heavy atom. The van der Waals surface area contributed by atoms with Crippen molar-refractivity contribution in [3.63, 3.8) is 0 Å². The van der Waals surface area contributed by atoms with Crippen LogP contribution in [0.2, 0.25) is 0 Å². The molecule has 6 nitrogen and oxygen atoms in total. The number of hydrogen-bond donors (Lipinski definition) is 1. The van der Waals surface area contributed by atoms with Gasteiger partial charge in [-0.15, -0.1) is 23.1 Å². The summed E-state index contributed by atoms with van der Waals surface area (Å²) in [5.41, 5.74) is 4.11. The van der Waals surface area contributed by atoms with E-state index in [1.807, 2.05) is 59.7 Å². The molecule has 1 atom stereocenters. The molecule has 0 saturated heterocycles. The molecular weight excluding hydrogens is 468 g/mol. The normalized spacial score (nSPS) is 14.9. The van der Waals surface area contributed by atoms with Gasteiger partial charge in [-0.3, -0.25) is 9.59 Å². The molecule has 0 saturated carbocycles. The van der Waals surface area contributed by atoms with Crippen molar-refractivity contribution < 1.29 is 19.1 Å². The van der Waals surface area contributed by atoms with Crippen LogP contribution in [0.15, 0.2) is 53.9 Å². The molecule has 0 radical (unpaired) electrons. The second kappa shape index (κ2) is 11.0. The highest BCUT2D eigenvalue weighted by Gasteiger charge is 2.33. The smallest absolute Gasteiger partial charge is 0.234 e. The third-order valence-corrected chi connectivity index (χ3v) is 7.64. The molecule has 1 aliphatic heterocycles. The lowest BCUT2D eigenvalue weighted by atomic mass is 9.91. The van der Waals surface area contributed by atoms with E-state index < -0.39 is 0 Å². The number of nitrogens with one attached hydrogen (secondary N) is 1. The van der Waals surface area contributed by atoms with Gasteiger partial charge in [-0.2, -0.15) is 0 Å². The number of rotatable bonds is 8. The Morgan fingerprint density at radius 1 is 1.09 bits per heavy atom. The maximum absolute atomic E-state index is 13.3. The fraction of sp³-hybridized carbons (Fsp3) is 0.308. The summed E-state index contributed by atoms with van der Waals surface area (Å²) in [7, 11) is 3.25. The van der Waals surface area contributed by atoms with Crippen LogP contribution in [0.1, 0.15) is 27.6 Å². The Morgan fingerprint density at radius 3 is 2.50 bits per heavy atom. The number of methoxy groups -OCH3 is 2. The van der Waals surface area contributed by atoms with E-state index in [-0.39, 0.29) is 29.4 Å². The molecule has 0 bridgehead atoms. The highest BCUT2D eigenvalue weighted by Crippen LogP contribution is 2.42. The van der Waals surface area contributed by atoms with Gasteiger partial charge in [0.1, 0.15) is 0 Å². The van der Waals surface area contributed by atoms with Gasteiger partial charge in [-0.05, 0) is 60.2 Å².